The Labute approximate surface area is 155 Å². The first-order valence-corrected chi connectivity index (χ1v) is 8.65. The van der Waals surface area contributed by atoms with E-state index in [1.54, 1.807) is 60.7 Å². The van der Waals surface area contributed by atoms with Crippen LogP contribution < -0.4 is 0 Å². The number of aromatic carboxylic acids is 2. The number of carboxylic acid groups (broad SMARTS) is 2. The van der Waals surface area contributed by atoms with Crippen molar-refractivity contribution in [1.82, 2.24) is 0 Å². The maximum Gasteiger partial charge on any atom is 0.335 e. The van der Waals surface area contributed by atoms with E-state index in [-0.39, 0.29) is 0 Å². The fraction of sp³-hybridized carbons (Fsp3) is 0.273. The Bertz CT molecular complexity index is 591. The molecule has 0 bridgehead atoms. The van der Waals surface area contributed by atoms with Crippen molar-refractivity contribution in [2.45, 2.75) is 39.5 Å². The lowest BCUT2D eigenvalue weighted by molar-refractivity contribution is 0.0686. The Morgan fingerprint density at radius 3 is 1.23 bits per heavy atom. The van der Waals surface area contributed by atoms with E-state index >= 15 is 0 Å². The van der Waals surface area contributed by atoms with Gasteiger partial charge >= 0.3 is 11.9 Å². The van der Waals surface area contributed by atoms with Gasteiger partial charge in [-0.3, -0.25) is 0 Å². The molecule has 0 aromatic heterocycles. The molecule has 0 aliphatic carbocycles. The third kappa shape index (κ3) is 11.6. The molecule has 0 spiro atoms. The van der Waals surface area contributed by atoms with Crippen molar-refractivity contribution in [2.75, 3.05) is 0 Å². The molecule has 0 fully saturated rings. The molecule has 2 aromatic rings. The fourth-order valence-electron chi connectivity index (χ4n) is 1.99. The van der Waals surface area contributed by atoms with Crippen molar-refractivity contribution in [2.24, 2.45) is 0 Å². The lowest BCUT2D eigenvalue weighted by atomic mass is 10.1. The molecule has 0 unspecified atom stereocenters. The first kappa shape index (κ1) is 23.1. The molecule has 0 radical (unpaired) electrons. The zero-order chi connectivity index (χ0) is 19.8. The number of benzene rings is 2. The Hall–Kier alpha value is -2.88. The fourth-order valence-corrected chi connectivity index (χ4v) is 1.99. The highest BCUT2D eigenvalue weighted by molar-refractivity contribution is 5.87. The zero-order valence-corrected chi connectivity index (χ0v) is 15.5. The SMILES string of the molecule is C=C(CCC)CCC.O=C(O)c1ccccc1.O=C(O)c1ccccc1. The van der Waals surface area contributed by atoms with E-state index in [2.05, 4.69) is 20.4 Å². The molecule has 140 valence electrons. The third-order valence-electron chi connectivity index (χ3n) is 3.25. The largest absolute Gasteiger partial charge is 0.478 e. The summed E-state index contributed by atoms with van der Waals surface area (Å²) in [5.41, 5.74) is 2.07. The quantitative estimate of drug-likeness (QED) is 0.631. The van der Waals surface area contributed by atoms with Gasteiger partial charge in [0.25, 0.3) is 0 Å². The zero-order valence-electron chi connectivity index (χ0n) is 15.5. The van der Waals surface area contributed by atoms with Gasteiger partial charge in [0.05, 0.1) is 11.1 Å². The molecule has 4 heteroatoms. The van der Waals surface area contributed by atoms with Gasteiger partial charge in [-0.1, -0.05) is 75.2 Å². The molecule has 2 aromatic carbocycles. The van der Waals surface area contributed by atoms with Gasteiger partial charge in [-0.2, -0.15) is 0 Å². The van der Waals surface area contributed by atoms with E-state index in [4.69, 9.17) is 10.2 Å². The molecular formula is C22H28O4. The predicted molar refractivity (Wildman–Crippen MR) is 106 cm³/mol. The Balaban J connectivity index is 0.000000362. The summed E-state index contributed by atoms with van der Waals surface area (Å²) in [5, 5.41) is 16.8. The highest BCUT2D eigenvalue weighted by Gasteiger charge is 1.97. The Morgan fingerprint density at radius 2 is 1.04 bits per heavy atom. The molecule has 0 heterocycles. The van der Waals surface area contributed by atoms with Crippen molar-refractivity contribution in [1.29, 1.82) is 0 Å². The maximum absolute atomic E-state index is 10.2. The lowest BCUT2D eigenvalue weighted by Gasteiger charge is -1.97. The molecular weight excluding hydrogens is 328 g/mol. The molecule has 2 N–H and O–H groups in total. The predicted octanol–water partition coefficient (Wildman–Crippen LogP) is 5.91. The average Bonchev–Trinajstić information content (AvgIpc) is 2.65. The van der Waals surface area contributed by atoms with Crippen LogP contribution in [0.3, 0.4) is 0 Å². The second-order valence-electron chi connectivity index (χ2n) is 5.59. The minimum atomic E-state index is -0.879. The maximum atomic E-state index is 10.2. The van der Waals surface area contributed by atoms with E-state index in [9.17, 15) is 9.59 Å². The summed E-state index contributed by atoms with van der Waals surface area (Å²) in [6.07, 6.45) is 4.93. The van der Waals surface area contributed by atoms with Crippen LogP contribution in [0.1, 0.15) is 60.2 Å². The molecule has 0 aliphatic heterocycles. The summed E-state index contributed by atoms with van der Waals surface area (Å²) in [7, 11) is 0. The highest BCUT2D eigenvalue weighted by Crippen LogP contribution is 2.07. The average molecular weight is 356 g/mol. The van der Waals surface area contributed by atoms with Gasteiger partial charge in [0.1, 0.15) is 0 Å². The van der Waals surface area contributed by atoms with Crippen LogP contribution in [-0.2, 0) is 0 Å². The van der Waals surface area contributed by atoms with E-state index in [0.717, 1.165) is 0 Å². The molecule has 0 atom stereocenters. The first-order chi connectivity index (χ1) is 12.4. The summed E-state index contributed by atoms with van der Waals surface area (Å²) in [6.45, 7) is 8.32. The van der Waals surface area contributed by atoms with Crippen LogP contribution in [0.5, 0.6) is 0 Å². The van der Waals surface area contributed by atoms with Gasteiger partial charge in [-0.15, -0.1) is 0 Å². The number of rotatable bonds is 6. The van der Waals surface area contributed by atoms with Gasteiger partial charge in [0.2, 0.25) is 0 Å². The summed E-state index contributed by atoms with van der Waals surface area (Å²) in [6, 6.07) is 16.6. The Morgan fingerprint density at radius 1 is 0.731 bits per heavy atom. The summed E-state index contributed by atoms with van der Waals surface area (Å²) >= 11 is 0. The van der Waals surface area contributed by atoms with Crippen molar-refractivity contribution in [3.05, 3.63) is 83.9 Å². The molecule has 4 nitrogen and oxygen atoms in total. The molecule has 2 rings (SSSR count). The van der Waals surface area contributed by atoms with Crippen LogP contribution in [0.15, 0.2) is 72.8 Å². The minimum absolute atomic E-state index is 0.331. The summed E-state index contributed by atoms with van der Waals surface area (Å²) in [4.78, 5) is 20.4. The van der Waals surface area contributed by atoms with Crippen LogP contribution >= 0.6 is 0 Å². The number of carbonyl (C=O) groups is 2. The number of hydrogen-bond donors (Lipinski definition) is 2. The monoisotopic (exact) mass is 356 g/mol. The first-order valence-electron chi connectivity index (χ1n) is 8.65. The van der Waals surface area contributed by atoms with Gasteiger partial charge in [0, 0.05) is 0 Å². The van der Waals surface area contributed by atoms with E-state index in [0.29, 0.717) is 11.1 Å². The smallest absolute Gasteiger partial charge is 0.335 e. The second-order valence-corrected chi connectivity index (χ2v) is 5.59. The number of carboxylic acids is 2. The van der Waals surface area contributed by atoms with Crippen molar-refractivity contribution < 1.29 is 19.8 Å². The second kappa shape index (κ2) is 14.5. The van der Waals surface area contributed by atoms with Crippen LogP contribution in [0.25, 0.3) is 0 Å². The van der Waals surface area contributed by atoms with Gasteiger partial charge in [-0.05, 0) is 37.1 Å². The molecule has 0 saturated carbocycles. The topological polar surface area (TPSA) is 74.6 Å². The normalized spacial score (nSPS) is 9.00. The van der Waals surface area contributed by atoms with Crippen LogP contribution in [0.2, 0.25) is 0 Å². The number of hydrogen-bond acceptors (Lipinski definition) is 2. The van der Waals surface area contributed by atoms with Crippen LogP contribution in [-0.4, -0.2) is 22.2 Å². The van der Waals surface area contributed by atoms with Gasteiger partial charge in [0.15, 0.2) is 0 Å². The molecule has 0 aliphatic rings. The highest BCUT2D eigenvalue weighted by atomic mass is 16.4. The van der Waals surface area contributed by atoms with Crippen LogP contribution in [0, 0.1) is 0 Å². The van der Waals surface area contributed by atoms with E-state index in [1.165, 1.54) is 31.3 Å². The molecule has 26 heavy (non-hydrogen) atoms. The summed E-state index contributed by atoms with van der Waals surface area (Å²) in [5.74, 6) is -1.76. The standard InChI is InChI=1S/C8H16.2C7H6O2/c1-4-6-8(3)7-5-2;2*8-7(9)6-4-2-1-3-5-6/h3-7H2,1-2H3;2*1-5H,(H,8,9). The van der Waals surface area contributed by atoms with Crippen molar-refractivity contribution >= 4 is 11.9 Å². The Kier molecular flexibility index (Phi) is 12.9. The molecule has 0 saturated heterocycles. The van der Waals surface area contributed by atoms with E-state index in [1.807, 2.05) is 0 Å². The lowest BCUT2D eigenvalue weighted by Crippen LogP contribution is -1.93. The van der Waals surface area contributed by atoms with Crippen molar-refractivity contribution in [3.8, 4) is 0 Å². The number of allylic oxidation sites excluding steroid dienone is 1. The van der Waals surface area contributed by atoms with E-state index < -0.39 is 11.9 Å². The minimum Gasteiger partial charge on any atom is -0.478 e. The van der Waals surface area contributed by atoms with Gasteiger partial charge in [-0.25, -0.2) is 9.59 Å². The van der Waals surface area contributed by atoms with Gasteiger partial charge < -0.3 is 10.2 Å². The molecule has 0 amide bonds. The summed E-state index contributed by atoms with van der Waals surface area (Å²) < 4.78 is 0. The van der Waals surface area contributed by atoms with Crippen LogP contribution in [0.4, 0.5) is 0 Å². The van der Waals surface area contributed by atoms with Crippen molar-refractivity contribution in [3.63, 3.8) is 0 Å². The third-order valence-corrected chi connectivity index (χ3v) is 3.25.